The van der Waals surface area contributed by atoms with Crippen LogP contribution >= 0.6 is 0 Å². The van der Waals surface area contributed by atoms with E-state index in [0.29, 0.717) is 11.1 Å². The average molecular weight is 214 g/mol. The van der Waals surface area contributed by atoms with Gasteiger partial charge in [-0.25, -0.2) is 4.39 Å². The van der Waals surface area contributed by atoms with E-state index in [-0.39, 0.29) is 5.82 Å². The largest absolute Gasteiger partial charge is 0.453 e. The molecule has 0 atom stereocenters. The highest BCUT2D eigenvalue weighted by Crippen LogP contribution is 2.31. The van der Waals surface area contributed by atoms with E-state index < -0.39 is 0 Å². The summed E-state index contributed by atoms with van der Waals surface area (Å²) in [6, 6.07) is 9.62. The van der Waals surface area contributed by atoms with Gasteiger partial charge in [-0.15, -0.1) is 0 Å². The van der Waals surface area contributed by atoms with Gasteiger partial charge in [-0.05, 0) is 31.0 Å². The molecule has 1 nitrogen and oxygen atoms in total. The lowest BCUT2D eigenvalue weighted by Crippen LogP contribution is -1.80. The second kappa shape index (κ2) is 3.08. The molecule has 3 rings (SSSR count). The van der Waals surface area contributed by atoms with E-state index in [2.05, 4.69) is 0 Å². The van der Waals surface area contributed by atoms with Gasteiger partial charge in [-0.3, -0.25) is 0 Å². The summed E-state index contributed by atoms with van der Waals surface area (Å²) in [7, 11) is 0. The third-order valence-electron chi connectivity index (χ3n) is 2.93. The molecule has 80 valence electrons. The fraction of sp³-hybridized carbons (Fsp3) is 0.143. The van der Waals surface area contributed by atoms with Gasteiger partial charge in [0.2, 0.25) is 0 Å². The molecule has 0 aliphatic carbocycles. The van der Waals surface area contributed by atoms with Crippen molar-refractivity contribution in [1.82, 2.24) is 0 Å². The third-order valence-corrected chi connectivity index (χ3v) is 2.93. The lowest BCUT2D eigenvalue weighted by Gasteiger charge is -1.95. The fourth-order valence-electron chi connectivity index (χ4n) is 2.01. The van der Waals surface area contributed by atoms with Gasteiger partial charge in [0.25, 0.3) is 0 Å². The van der Waals surface area contributed by atoms with E-state index in [9.17, 15) is 4.39 Å². The normalized spacial score (nSPS) is 11.4. The van der Waals surface area contributed by atoms with Gasteiger partial charge >= 0.3 is 0 Å². The van der Waals surface area contributed by atoms with E-state index in [1.165, 1.54) is 0 Å². The van der Waals surface area contributed by atoms with Crippen LogP contribution in [0.4, 0.5) is 4.39 Å². The lowest BCUT2D eigenvalue weighted by molar-refractivity contribution is 0.578. The predicted octanol–water partition coefficient (Wildman–Crippen LogP) is 4.34. The monoisotopic (exact) mass is 214 g/mol. The molecule has 0 bridgehead atoms. The number of benzene rings is 2. The molecule has 0 fully saturated rings. The first-order chi connectivity index (χ1) is 7.66. The van der Waals surface area contributed by atoms with E-state index in [0.717, 1.165) is 21.9 Å². The molecule has 0 N–H and O–H groups in total. The van der Waals surface area contributed by atoms with Crippen molar-refractivity contribution in [3.05, 3.63) is 47.3 Å². The molecule has 0 radical (unpaired) electrons. The maximum atomic E-state index is 13.8. The number of hydrogen-bond donors (Lipinski definition) is 0. The zero-order chi connectivity index (χ0) is 11.3. The minimum atomic E-state index is -0.258. The number of aryl methyl sites for hydroxylation is 2. The van der Waals surface area contributed by atoms with Gasteiger partial charge < -0.3 is 4.42 Å². The zero-order valence-electron chi connectivity index (χ0n) is 9.17. The second-order valence-electron chi connectivity index (χ2n) is 4.17. The Hall–Kier alpha value is -1.83. The first-order valence-electron chi connectivity index (χ1n) is 5.25. The highest BCUT2D eigenvalue weighted by atomic mass is 19.1. The highest BCUT2D eigenvalue weighted by molar-refractivity contribution is 6.05. The lowest BCUT2D eigenvalue weighted by atomic mass is 10.1. The fourth-order valence-corrected chi connectivity index (χ4v) is 2.01. The SMILES string of the molecule is Cc1ccc2c(c1)oc1c(F)c(C)ccc12. The van der Waals surface area contributed by atoms with Gasteiger partial charge in [0.15, 0.2) is 11.4 Å². The molecule has 0 spiro atoms. The van der Waals surface area contributed by atoms with Crippen molar-refractivity contribution < 1.29 is 8.81 Å². The molecule has 0 aliphatic rings. The molecule has 0 unspecified atom stereocenters. The van der Waals surface area contributed by atoms with Crippen molar-refractivity contribution in [2.75, 3.05) is 0 Å². The molecule has 0 amide bonds. The molecule has 16 heavy (non-hydrogen) atoms. The van der Waals surface area contributed by atoms with Gasteiger partial charge in [0, 0.05) is 10.8 Å². The van der Waals surface area contributed by atoms with Crippen LogP contribution < -0.4 is 0 Å². The van der Waals surface area contributed by atoms with Crippen LogP contribution in [0.2, 0.25) is 0 Å². The Bertz CT molecular complexity index is 695. The van der Waals surface area contributed by atoms with Crippen LogP contribution in [0.1, 0.15) is 11.1 Å². The Labute approximate surface area is 92.5 Å². The van der Waals surface area contributed by atoms with Gasteiger partial charge in [0.1, 0.15) is 5.58 Å². The van der Waals surface area contributed by atoms with Crippen LogP contribution in [0.5, 0.6) is 0 Å². The molecule has 0 saturated heterocycles. The Morgan fingerprint density at radius 3 is 2.56 bits per heavy atom. The summed E-state index contributed by atoms with van der Waals surface area (Å²) in [6.45, 7) is 3.74. The molecule has 2 aromatic carbocycles. The summed E-state index contributed by atoms with van der Waals surface area (Å²) >= 11 is 0. The summed E-state index contributed by atoms with van der Waals surface area (Å²) < 4.78 is 19.4. The van der Waals surface area contributed by atoms with Crippen LogP contribution in [0.15, 0.2) is 34.7 Å². The summed E-state index contributed by atoms with van der Waals surface area (Å²) in [6.07, 6.45) is 0. The summed E-state index contributed by atoms with van der Waals surface area (Å²) in [4.78, 5) is 0. The number of fused-ring (bicyclic) bond motifs is 3. The maximum Gasteiger partial charge on any atom is 0.171 e. The maximum absolute atomic E-state index is 13.8. The molecule has 0 aliphatic heterocycles. The Morgan fingerprint density at radius 1 is 1.00 bits per heavy atom. The van der Waals surface area contributed by atoms with E-state index >= 15 is 0 Å². The van der Waals surface area contributed by atoms with E-state index in [1.807, 2.05) is 31.2 Å². The smallest absolute Gasteiger partial charge is 0.171 e. The standard InChI is InChI=1S/C14H11FO/c1-8-3-5-10-11-6-4-9(2)13(15)14(11)16-12(10)7-8/h3-7H,1-2H3. The summed E-state index contributed by atoms with van der Waals surface area (Å²) in [5, 5.41) is 1.82. The predicted molar refractivity (Wildman–Crippen MR) is 63.2 cm³/mol. The molecule has 1 aromatic heterocycles. The first-order valence-corrected chi connectivity index (χ1v) is 5.25. The minimum Gasteiger partial charge on any atom is -0.453 e. The molecule has 3 aromatic rings. The van der Waals surface area contributed by atoms with E-state index in [4.69, 9.17) is 4.42 Å². The van der Waals surface area contributed by atoms with Crippen molar-refractivity contribution in [2.24, 2.45) is 0 Å². The number of hydrogen-bond acceptors (Lipinski definition) is 1. The van der Waals surface area contributed by atoms with Crippen molar-refractivity contribution in [2.45, 2.75) is 13.8 Å². The molecule has 2 heteroatoms. The van der Waals surface area contributed by atoms with Crippen LogP contribution in [0, 0.1) is 19.7 Å². The topological polar surface area (TPSA) is 13.1 Å². The Balaban J connectivity index is 2.55. The number of halogens is 1. The molecular weight excluding hydrogens is 203 g/mol. The average Bonchev–Trinajstić information content (AvgIpc) is 2.62. The number of rotatable bonds is 0. The van der Waals surface area contributed by atoms with Crippen LogP contribution in [0.25, 0.3) is 21.9 Å². The van der Waals surface area contributed by atoms with Crippen molar-refractivity contribution >= 4 is 21.9 Å². The van der Waals surface area contributed by atoms with Crippen molar-refractivity contribution in [3.8, 4) is 0 Å². The summed E-state index contributed by atoms with van der Waals surface area (Å²) in [5.74, 6) is -0.258. The van der Waals surface area contributed by atoms with Crippen molar-refractivity contribution in [1.29, 1.82) is 0 Å². The van der Waals surface area contributed by atoms with Crippen LogP contribution in [0.3, 0.4) is 0 Å². The number of furan rings is 1. The minimum absolute atomic E-state index is 0.258. The van der Waals surface area contributed by atoms with Crippen molar-refractivity contribution in [3.63, 3.8) is 0 Å². The molecular formula is C14H11FO. The highest BCUT2D eigenvalue weighted by Gasteiger charge is 2.12. The quantitative estimate of drug-likeness (QED) is 0.542. The second-order valence-corrected chi connectivity index (χ2v) is 4.17. The van der Waals surface area contributed by atoms with E-state index in [1.54, 1.807) is 13.0 Å². The van der Waals surface area contributed by atoms with Crippen LogP contribution in [-0.2, 0) is 0 Å². The molecule has 1 heterocycles. The van der Waals surface area contributed by atoms with Gasteiger partial charge in [-0.2, -0.15) is 0 Å². The third kappa shape index (κ3) is 1.16. The van der Waals surface area contributed by atoms with Gasteiger partial charge in [0.05, 0.1) is 0 Å². The first kappa shape index (κ1) is 9.40. The Kier molecular flexibility index (Phi) is 1.81. The summed E-state index contributed by atoms with van der Waals surface area (Å²) in [5.41, 5.74) is 2.84. The van der Waals surface area contributed by atoms with Gasteiger partial charge in [-0.1, -0.05) is 24.3 Å². The zero-order valence-corrected chi connectivity index (χ0v) is 9.17. The Morgan fingerprint density at radius 2 is 1.75 bits per heavy atom. The molecule has 0 saturated carbocycles. The van der Waals surface area contributed by atoms with Crippen LogP contribution in [-0.4, -0.2) is 0 Å².